The molecule has 1 heterocycles. The summed E-state index contributed by atoms with van der Waals surface area (Å²) < 4.78 is 1.96. The van der Waals surface area contributed by atoms with Crippen molar-refractivity contribution < 1.29 is 5.11 Å². The van der Waals surface area contributed by atoms with Crippen molar-refractivity contribution in [3.8, 4) is 5.75 Å². The van der Waals surface area contributed by atoms with Gasteiger partial charge in [-0.1, -0.05) is 12.8 Å². The topological polar surface area (TPSA) is 38.0 Å². The Labute approximate surface area is 84.7 Å². The van der Waals surface area contributed by atoms with E-state index in [4.69, 9.17) is 0 Å². The Morgan fingerprint density at radius 2 is 2.07 bits per heavy atom. The monoisotopic (exact) mass is 194 g/mol. The number of hydrogen-bond acceptors (Lipinski definition) is 2. The van der Waals surface area contributed by atoms with Crippen LogP contribution in [0.25, 0.3) is 0 Å². The van der Waals surface area contributed by atoms with Crippen molar-refractivity contribution in [1.82, 2.24) is 9.78 Å². The van der Waals surface area contributed by atoms with Crippen LogP contribution in [0.5, 0.6) is 5.75 Å². The van der Waals surface area contributed by atoms with Gasteiger partial charge in [0.05, 0.1) is 11.9 Å². The molecule has 78 valence electrons. The summed E-state index contributed by atoms with van der Waals surface area (Å²) in [6.45, 7) is 4.20. The van der Waals surface area contributed by atoms with E-state index in [2.05, 4.69) is 18.9 Å². The van der Waals surface area contributed by atoms with E-state index in [1.807, 2.05) is 4.68 Å². The summed E-state index contributed by atoms with van der Waals surface area (Å²) in [7, 11) is 0. The predicted molar refractivity (Wildman–Crippen MR) is 55.5 cm³/mol. The molecule has 2 rings (SSSR count). The van der Waals surface area contributed by atoms with Gasteiger partial charge in [-0.2, -0.15) is 5.10 Å². The third kappa shape index (κ3) is 1.51. The molecule has 1 fully saturated rings. The molecule has 14 heavy (non-hydrogen) atoms. The van der Waals surface area contributed by atoms with Crippen molar-refractivity contribution in [2.24, 2.45) is 0 Å². The first-order chi connectivity index (χ1) is 6.70. The van der Waals surface area contributed by atoms with Crippen LogP contribution in [0.1, 0.15) is 57.2 Å². The molecule has 0 radical (unpaired) electrons. The SMILES string of the molecule is CC(C)n1ncc(O)c1C1CCCC1. The average Bonchev–Trinajstić information content (AvgIpc) is 2.71. The van der Waals surface area contributed by atoms with Crippen LogP contribution in [0.3, 0.4) is 0 Å². The van der Waals surface area contributed by atoms with Gasteiger partial charge in [0.25, 0.3) is 0 Å². The summed E-state index contributed by atoms with van der Waals surface area (Å²) in [5.41, 5.74) is 1.05. The van der Waals surface area contributed by atoms with E-state index < -0.39 is 0 Å². The summed E-state index contributed by atoms with van der Waals surface area (Å²) in [5, 5.41) is 14.0. The Balaban J connectivity index is 2.33. The van der Waals surface area contributed by atoms with Crippen molar-refractivity contribution in [1.29, 1.82) is 0 Å². The molecule has 0 amide bonds. The Bertz CT molecular complexity index is 311. The van der Waals surface area contributed by atoms with Crippen LogP contribution < -0.4 is 0 Å². The molecule has 0 spiro atoms. The minimum Gasteiger partial charge on any atom is -0.504 e. The van der Waals surface area contributed by atoms with E-state index in [0.29, 0.717) is 17.7 Å². The van der Waals surface area contributed by atoms with Crippen LogP contribution in [0, 0.1) is 0 Å². The van der Waals surface area contributed by atoms with E-state index in [-0.39, 0.29) is 0 Å². The van der Waals surface area contributed by atoms with E-state index in [1.165, 1.54) is 25.7 Å². The highest BCUT2D eigenvalue weighted by molar-refractivity contribution is 5.28. The quantitative estimate of drug-likeness (QED) is 0.786. The molecule has 1 aromatic rings. The summed E-state index contributed by atoms with van der Waals surface area (Å²) in [4.78, 5) is 0. The number of aromatic hydroxyl groups is 1. The van der Waals surface area contributed by atoms with Gasteiger partial charge < -0.3 is 5.11 Å². The normalized spacial score (nSPS) is 18.2. The van der Waals surface area contributed by atoms with Crippen LogP contribution in [0.2, 0.25) is 0 Å². The van der Waals surface area contributed by atoms with Crippen LogP contribution in [-0.2, 0) is 0 Å². The summed E-state index contributed by atoms with van der Waals surface area (Å²) >= 11 is 0. The van der Waals surface area contributed by atoms with Crippen molar-refractivity contribution in [2.75, 3.05) is 0 Å². The van der Waals surface area contributed by atoms with Crippen molar-refractivity contribution >= 4 is 0 Å². The van der Waals surface area contributed by atoms with Crippen molar-refractivity contribution in [3.63, 3.8) is 0 Å². The van der Waals surface area contributed by atoms with Crippen LogP contribution in [0.4, 0.5) is 0 Å². The second kappa shape index (κ2) is 3.64. The van der Waals surface area contributed by atoms with Gasteiger partial charge in [0.2, 0.25) is 0 Å². The summed E-state index contributed by atoms with van der Waals surface area (Å²) in [5.74, 6) is 0.908. The molecular formula is C11H18N2O. The fraction of sp³-hybridized carbons (Fsp3) is 0.727. The van der Waals surface area contributed by atoms with Gasteiger partial charge in [0.15, 0.2) is 5.75 Å². The number of rotatable bonds is 2. The Kier molecular flexibility index (Phi) is 2.48. The maximum Gasteiger partial charge on any atom is 0.157 e. The zero-order chi connectivity index (χ0) is 10.1. The van der Waals surface area contributed by atoms with Crippen molar-refractivity contribution in [2.45, 2.75) is 51.5 Å². The fourth-order valence-corrected chi connectivity index (χ4v) is 2.37. The highest BCUT2D eigenvalue weighted by atomic mass is 16.3. The smallest absolute Gasteiger partial charge is 0.157 e. The Morgan fingerprint density at radius 1 is 1.43 bits per heavy atom. The first-order valence-corrected chi connectivity index (χ1v) is 5.46. The second-order valence-corrected chi connectivity index (χ2v) is 4.43. The van der Waals surface area contributed by atoms with Crippen LogP contribution in [-0.4, -0.2) is 14.9 Å². The molecule has 1 aromatic heterocycles. The van der Waals surface area contributed by atoms with Gasteiger partial charge in [-0.3, -0.25) is 4.68 Å². The zero-order valence-corrected chi connectivity index (χ0v) is 8.90. The molecular weight excluding hydrogens is 176 g/mol. The minimum absolute atomic E-state index is 0.339. The first kappa shape index (κ1) is 9.56. The fourth-order valence-electron chi connectivity index (χ4n) is 2.37. The molecule has 1 N–H and O–H groups in total. The van der Waals surface area contributed by atoms with E-state index in [0.717, 1.165) is 5.69 Å². The molecule has 0 unspecified atom stereocenters. The van der Waals surface area contributed by atoms with Gasteiger partial charge in [0, 0.05) is 12.0 Å². The van der Waals surface area contributed by atoms with E-state index >= 15 is 0 Å². The number of hydrogen-bond donors (Lipinski definition) is 1. The van der Waals surface area contributed by atoms with Crippen LogP contribution >= 0.6 is 0 Å². The zero-order valence-electron chi connectivity index (χ0n) is 8.90. The molecule has 0 saturated heterocycles. The third-order valence-corrected chi connectivity index (χ3v) is 3.04. The van der Waals surface area contributed by atoms with E-state index in [9.17, 15) is 5.11 Å². The Morgan fingerprint density at radius 3 is 2.64 bits per heavy atom. The molecule has 0 bridgehead atoms. The summed E-state index contributed by atoms with van der Waals surface area (Å²) in [6.07, 6.45) is 6.55. The van der Waals surface area contributed by atoms with Gasteiger partial charge in [-0.15, -0.1) is 0 Å². The number of nitrogens with zero attached hydrogens (tertiary/aromatic N) is 2. The summed E-state index contributed by atoms with van der Waals surface area (Å²) in [6, 6.07) is 0.339. The largest absolute Gasteiger partial charge is 0.504 e. The standard InChI is InChI=1S/C11H18N2O/c1-8(2)13-11(10(14)7-12-13)9-5-3-4-6-9/h7-9,14H,3-6H2,1-2H3. The molecule has 0 aromatic carbocycles. The molecule has 1 aliphatic rings. The molecule has 3 heteroatoms. The first-order valence-electron chi connectivity index (χ1n) is 5.46. The lowest BCUT2D eigenvalue weighted by Crippen LogP contribution is -2.09. The molecule has 1 saturated carbocycles. The van der Waals surface area contributed by atoms with Crippen molar-refractivity contribution in [3.05, 3.63) is 11.9 Å². The number of aromatic nitrogens is 2. The lowest BCUT2D eigenvalue weighted by atomic mass is 10.0. The highest BCUT2D eigenvalue weighted by Crippen LogP contribution is 2.39. The maximum atomic E-state index is 9.76. The maximum absolute atomic E-state index is 9.76. The lowest BCUT2D eigenvalue weighted by molar-refractivity contribution is 0.437. The van der Waals surface area contributed by atoms with E-state index in [1.54, 1.807) is 6.20 Å². The van der Waals surface area contributed by atoms with Gasteiger partial charge >= 0.3 is 0 Å². The molecule has 0 aliphatic heterocycles. The third-order valence-electron chi connectivity index (χ3n) is 3.04. The minimum atomic E-state index is 0.339. The van der Waals surface area contributed by atoms with Gasteiger partial charge in [-0.05, 0) is 26.7 Å². The molecule has 1 aliphatic carbocycles. The lowest BCUT2D eigenvalue weighted by Gasteiger charge is -2.15. The van der Waals surface area contributed by atoms with Crippen LogP contribution in [0.15, 0.2) is 6.20 Å². The average molecular weight is 194 g/mol. The highest BCUT2D eigenvalue weighted by Gasteiger charge is 2.25. The second-order valence-electron chi connectivity index (χ2n) is 4.43. The van der Waals surface area contributed by atoms with Gasteiger partial charge in [0.1, 0.15) is 0 Å². The molecule has 3 nitrogen and oxygen atoms in total. The predicted octanol–water partition coefficient (Wildman–Crippen LogP) is 2.83. The Hall–Kier alpha value is -0.990. The molecule has 0 atom stereocenters. The van der Waals surface area contributed by atoms with Gasteiger partial charge in [-0.25, -0.2) is 0 Å².